The number of para-hydroxylation sites is 1. The lowest BCUT2D eigenvalue weighted by Crippen LogP contribution is -2.35. The molecule has 3 N–H and O–H groups in total. The third-order valence-electron chi connectivity index (χ3n) is 5.02. The maximum absolute atomic E-state index is 12.9. The van der Waals surface area contributed by atoms with Crippen molar-refractivity contribution >= 4 is 35.4 Å². The molecule has 0 atom stereocenters. The molecule has 3 rings (SSSR count). The Kier molecular flexibility index (Phi) is 9.11. The summed E-state index contributed by atoms with van der Waals surface area (Å²) in [5, 5.41) is 7.33. The molecule has 36 heavy (non-hydrogen) atoms. The Bertz CT molecular complexity index is 1240. The second-order valence-corrected chi connectivity index (χ2v) is 7.76. The van der Waals surface area contributed by atoms with Crippen LogP contribution in [0.15, 0.2) is 84.9 Å². The molecule has 0 radical (unpaired) electrons. The summed E-state index contributed by atoms with van der Waals surface area (Å²) in [6.07, 6.45) is 3.30. The summed E-state index contributed by atoms with van der Waals surface area (Å²) in [5.74, 6) is -0.970. The molecule has 8 heteroatoms. The van der Waals surface area contributed by atoms with E-state index in [0.29, 0.717) is 29.0 Å². The lowest BCUT2D eigenvalue weighted by molar-refractivity contribution is -0.142. The average molecular weight is 486 g/mol. The quantitative estimate of drug-likeness (QED) is 0.147. The third-order valence-corrected chi connectivity index (χ3v) is 5.02. The highest BCUT2D eigenvalue weighted by Crippen LogP contribution is 2.17. The Morgan fingerprint density at radius 2 is 1.61 bits per heavy atom. The van der Waals surface area contributed by atoms with Crippen LogP contribution in [-0.4, -0.2) is 36.8 Å². The molecule has 3 aromatic rings. The van der Waals surface area contributed by atoms with E-state index in [1.807, 2.05) is 6.07 Å². The van der Waals surface area contributed by atoms with Crippen molar-refractivity contribution in [2.45, 2.75) is 13.3 Å². The van der Waals surface area contributed by atoms with E-state index in [9.17, 15) is 14.4 Å². The largest absolute Gasteiger partial charge is 0.465 e. The summed E-state index contributed by atoms with van der Waals surface area (Å²) < 4.78 is 10.4. The van der Waals surface area contributed by atoms with E-state index in [4.69, 9.17) is 20.6 Å². The van der Waals surface area contributed by atoms with Crippen LogP contribution in [0.1, 0.15) is 28.4 Å². The maximum Gasteiger partial charge on any atom is 0.343 e. The minimum atomic E-state index is -0.523. The molecule has 8 nitrogen and oxygen atoms in total. The molecule has 0 aromatic heterocycles. The molecular formula is C28H27N3O5. The molecule has 0 bridgehead atoms. The lowest BCUT2D eigenvalue weighted by Gasteiger charge is -2.20. The standard InChI is InChI=1S/C28H27N3O5/c1-2-35-27(33)19-31(23-6-4-3-5-7-23)26(32)17-12-20-8-13-22(14-9-20)28(34)36-24-15-10-21(11-16-24)18-25(29)30/h3-17H,2,18-19H2,1H3,(H3,29,30)/b17-12+. The third kappa shape index (κ3) is 7.66. The van der Waals surface area contributed by atoms with E-state index in [0.717, 1.165) is 5.56 Å². The Morgan fingerprint density at radius 1 is 0.944 bits per heavy atom. The van der Waals surface area contributed by atoms with Gasteiger partial charge in [0.1, 0.15) is 12.3 Å². The molecule has 184 valence electrons. The number of hydrogen-bond acceptors (Lipinski definition) is 6. The predicted octanol–water partition coefficient (Wildman–Crippen LogP) is 3.99. The SMILES string of the molecule is CCOC(=O)CN(C(=O)/C=C/c1ccc(C(=O)Oc2ccc(CC(=N)N)cc2)cc1)c1ccccc1. The molecule has 0 heterocycles. The number of ether oxygens (including phenoxy) is 2. The van der Waals surface area contributed by atoms with E-state index >= 15 is 0 Å². The van der Waals surface area contributed by atoms with Crippen LogP contribution in [0, 0.1) is 5.41 Å². The fourth-order valence-corrected chi connectivity index (χ4v) is 3.29. The van der Waals surface area contributed by atoms with Crippen LogP contribution < -0.4 is 15.4 Å². The number of nitrogens with zero attached hydrogens (tertiary/aromatic N) is 1. The highest BCUT2D eigenvalue weighted by atomic mass is 16.5. The first-order chi connectivity index (χ1) is 17.4. The van der Waals surface area contributed by atoms with Crippen LogP contribution in [0.5, 0.6) is 5.75 Å². The van der Waals surface area contributed by atoms with Gasteiger partial charge in [-0.2, -0.15) is 0 Å². The van der Waals surface area contributed by atoms with Crippen LogP contribution in [0.2, 0.25) is 0 Å². The van der Waals surface area contributed by atoms with E-state index in [2.05, 4.69) is 0 Å². The molecule has 0 saturated heterocycles. The zero-order chi connectivity index (χ0) is 25.9. The van der Waals surface area contributed by atoms with Crippen molar-refractivity contribution in [1.29, 1.82) is 5.41 Å². The van der Waals surface area contributed by atoms with Crippen molar-refractivity contribution in [3.05, 3.63) is 102 Å². The average Bonchev–Trinajstić information content (AvgIpc) is 2.87. The molecule has 0 saturated carbocycles. The number of amides is 1. The van der Waals surface area contributed by atoms with Gasteiger partial charge in [-0.15, -0.1) is 0 Å². The normalized spacial score (nSPS) is 10.6. The summed E-state index contributed by atoms with van der Waals surface area (Å²) in [4.78, 5) is 38.6. The van der Waals surface area contributed by atoms with E-state index in [1.54, 1.807) is 85.8 Å². The van der Waals surface area contributed by atoms with Gasteiger partial charge in [-0.1, -0.05) is 42.5 Å². The van der Waals surface area contributed by atoms with Gasteiger partial charge in [0.15, 0.2) is 0 Å². The molecule has 1 amide bonds. The van der Waals surface area contributed by atoms with Crippen LogP contribution in [-0.2, 0) is 20.7 Å². The van der Waals surface area contributed by atoms with Crippen LogP contribution in [0.4, 0.5) is 5.69 Å². The molecule has 0 aliphatic carbocycles. The fraction of sp³-hybridized carbons (Fsp3) is 0.143. The number of carbonyl (C=O) groups is 3. The monoisotopic (exact) mass is 485 g/mol. The van der Waals surface area contributed by atoms with E-state index in [1.165, 1.54) is 11.0 Å². The van der Waals surface area contributed by atoms with E-state index < -0.39 is 11.9 Å². The molecule has 0 aliphatic heterocycles. The molecular weight excluding hydrogens is 458 g/mol. The van der Waals surface area contributed by atoms with Gasteiger partial charge in [-0.25, -0.2) is 4.79 Å². The molecule has 0 aliphatic rings. The summed E-state index contributed by atoms with van der Waals surface area (Å²) in [6, 6.07) is 22.2. The van der Waals surface area contributed by atoms with Gasteiger partial charge in [-0.3, -0.25) is 19.9 Å². The topological polar surface area (TPSA) is 123 Å². The minimum absolute atomic E-state index is 0.0577. The highest BCUT2D eigenvalue weighted by Gasteiger charge is 2.18. The minimum Gasteiger partial charge on any atom is -0.465 e. The number of rotatable bonds is 10. The second kappa shape index (κ2) is 12.7. The first kappa shape index (κ1) is 25.9. The Labute approximate surface area is 209 Å². The molecule has 0 unspecified atom stereocenters. The van der Waals surface area contributed by atoms with Crippen molar-refractivity contribution in [2.24, 2.45) is 5.73 Å². The summed E-state index contributed by atoms with van der Waals surface area (Å²) in [5.41, 5.74) is 7.86. The molecule has 0 fully saturated rings. The zero-order valence-electron chi connectivity index (χ0n) is 19.8. The number of nitrogens with one attached hydrogen (secondary N) is 1. The van der Waals surface area contributed by atoms with Gasteiger partial charge in [0, 0.05) is 18.2 Å². The van der Waals surface area contributed by atoms with Crippen molar-refractivity contribution < 1.29 is 23.9 Å². The summed E-state index contributed by atoms with van der Waals surface area (Å²) >= 11 is 0. The number of benzene rings is 3. The summed E-state index contributed by atoms with van der Waals surface area (Å²) in [7, 11) is 0. The van der Waals surface area contributed by atoms with Crippen LogP contribution in [0.25, 0.3) is 6.08 Å². The predicted molar refractivity (Wildman–Crippen MR) is 138 cm³/mol. The number of anilines is 1. The number of hydrogen-bond donors (Lipinski definition) is 2. The van der Waals surface area contributed by atoms with Gasteiger partial charge in [-0.05, 0) is 60.5 Å². The Hall–Kier alpha value is -4.72. The first-order valence-corrected chi connectivity index (χ1v) is 11.3. The number of carbonyl (C=O) groups excluding carboxylic acids is 3. The van der Waals surface area contributed by atoms with Gasteiger partial charge >= 0.3 is 11.9 Å². The molecule has 0 spiro atoms. The molecule has 3 aromatic carbocycles. The van der Waals surface area contributed by atoms with Crippen molar-refractivity contribution in [3.8, 4) is 5.75 Å². The number of amidine groups is 1. The zero-order valence-corrected chi connectivity index (χ0v) is 19.8. The van der Waals surface area contributed by atoms with E-state index in [-0.39, 0.29) is 24.9 Å². The Morgan fingerprint density at radius 3 is 2.22 bits per heavy atom. The van der Waals surface area contributed by atoms with Gasteiger partial charge in [0.25, 0.3) is 5.91 Å². The number of esters is 2. The van der Waals surface area contributed by atoms with Crippen molar-refractivity contribution in [3.63, 3.8) is 0 Å². The Balaban J connectivity index is 1.64. The van der Waals surface area contributed by atoms with Gasteiger partial charge in [0.05, 0.1) is 18.0 Å². The second-order valence-electron chi connectivity index (χ2n) is 7.76. The smallest absolute Gasteiger partial charge is 0.343 e. The van der Waals surface area contributed by atoms with Crippen molar-refractivity contribution in [2.75, 3.05) is 18.1 Å². The lowest BCUT2D eigenvalue weighted by atomic mass is 10.1. The first-order valence-electron chi connectivity index (χ1n) is 11.3. The summed E-state index contributed by atoms with van der Waals surface area (Å²) in [6.45, 7) is 1.73. The van der Waals surface area contributed by atoms with Gasteiger partial charge < -0.3 is 15.2 Å². The fourth-order valence-electron chi connectivity index (χ4n) is 3.29. The van der Waals surface area contributed by atoms with Crippen molar-refractivity contribution in [1.82, 2.24) is 0 Å². The van der Waals surface area contributed by atoms with Crippen LogP contribution >= 0.6 is 0 Å². The van der Waals surface area contributed by atoms with Gasteiger partial charge in [0.2, 0.25) is 0 Å². The van der Waals surface area contributed by atoms with Crippen LogP contribution in [0.3, 0.4) is 0 Å². The maximum atomic E-state index is 12.9. The number of nitrogens with two attached hydrogens (primary N) is 1. The highest BCUT2D eigenvalue weighted by molar-refractivity contribution is 6.06.